The van der Waals surface area contributed by atoms with Crippen LogP contribution >= 0.6 is 0 Å². The fourth-order valence-corrected chi connectivity index (χ4v) is 1.75. The molecular weight excluding hydrogens is 274 g/mol. The number of hydrazine groups is 1. The van der Waals surface area contributed by atoms with Gasteiger partial charge in [-0.25, -0.2) is 4.98 Å². The summed E-state index contributed by atoms with van der Waals surface area (Å²) in [5, 5.41) is 13.4. The highest BCUT2D eigenvalue weighted by Crippen LogP contribution is 2.24. The average Bonchev–Trinajstić information content (AvgIpc) is 2.46. The van der Waals surface area contributed by atoms with E-state index >= 15 is 0 Å². The number of nitrogens with one attached hydrogen (secondary N) is 2. The minimum Gasteiger partial charge on any atom is -0.318 e. The third-order valence-corrected chi connectivity index (χ3v) is 2.74. The first-order valence-corrected chi connectivity index (χ1v) is 6.01. The van der Waals surface area contributed by atoms with Crippen LogP contribution in [-0.2, 0) is 0 Å². The molecule has 0 atom stereocenters. The molecule has 0 saturated carbocycles. The van der Waals surface area contributed by atoms with Crippen LogP contribution in [0.25, 0.3) is 0 Å². The quantitative estimate of drug-likeness (QED) is 0.448. The number of anilines is 2. The van der Waals surface area contributed by atoms with Gasteiger partial charge in [0.15, 0.2) is 0 Å². The summed E-state index contributed by atoms with van der Waals surface area (Å²) >= 11 is 0. The number of hydrogen-bond donors (Lipinski definition) is 3. The molecule has 21 heavy (non-hydrogen) atoms. The van der Waals surface area contributed by atoms with Crippen molar-refractivity contribution in [3.63, 3.8) is 0 Å². The lowest BCUT2D eigenvalue weighted by Crippen LogP contribution is -2.15. The summed E-state index contributed by atoms with van der Waals surface area (Å²) in [4.78, 5) is 26.4. The van der Waals surface area contributed by atoms with Crippen LogP contribution in [0.1, 0.15) is 16.1 Å². The van der Waals surface area contributed by atoms with Gasteiger partial charge in [0.05, 0.1) is 4.92 Å². The molecule has 0 saturated heterocycles. The lowest BCUT2D eigenvalue weighted by atomic mass is 10.1. The summed E-state index contributed by atoms with van der Waals surface area (Å²) in [6.07, 6.45) is 0. The molecule has 0 spiro atoms. The van der Waals surface area contributed by atoms with Gasteiger partial charge in [-0.2, -0.15) is 0 Å². The largest absolute Gasteiger partial charge is 0.318 e. The van der Waals surface area contributed by atoms with E-state index in [0.717, 1.165) is 5.69 Å². The SMILES string of the molecule is Cc1cccc(NC(=O)c2ccc([N+](=O)[O-])c(NN)c2)n1. The molecule has 4 N–H and O–H groups in total. The highest BCUT2D eigenvalue weighted by Gasteiger charge is 2.16. The van der Waals surface area contributed by atoms with Crippen LogP contribution in [0.2, 0.25) is 0 Å². The number of carbonyl (C=O) groups is 1. The molecular formula is C13H13N5O3. The van der Waals surface area contributed by atoms with Crippen LogP contribution in [0.5, 0.6) is 0 Å². The maximum Gasteiger partial charge on any atom is 0.293 e. The predicted molar refractivity (Wildman–Crippen MR) is 77.8 cm³/mol. The highest BCUT2D eigenvalue weighted by atomic mass is 16.6. The number of nitrogens with two attached hydrogens (primary N) is 1. The third-order valence-electron chi connectivity index (χ3n) is 2.74. The van der Waals surface area contributed by atoms with E-state index in [9.17, 15) is 14.9 Å². The number of amides is 1. The molecule has 0 aliphatic rings. The third kappa shape index (κ3) is 3.31. The van der Waals surface area contributed by atoms with E-state index in [4.69, 9.17) is 5.84 Å². The van der Waals surface area contributed by atoms with E-state index in [1.165, 1.54) is 18.2 Å². The molecule has 1 aromatic heterocycles. The minimum absolute atomic E-state index is 0.0600. The van der Waals surface area contributed by atoms with Gasteiger partial charge in [0.1, 0.15) is 11.5 Å². The Bertz CT molecular complexity index is 702. The van der Waals surface area contributed by atoms with Crippen LogP contribution in [0.3, 0.4) is 0 Å². The first kappa shape index (κ1) is 14.4. The highest BCUT2D eigenvalue weighted by molar-refractivity contribution is 6.04. The lowest BCUT2D eigenvalue weighted by Gasteiger charge is -2.07. The molecule has 0 fully saturated rings. The summed E-state index contributed by atoms with van der Waals surface area (Å²) in [7, 11) is 0. The van der Waals surface area contributed by atoms with Crippen molar-refractivity contribution in [2.45, 2.75) is 6.92 Å². The van der Waals surface area contributed by atoms with Crippen LogP contribution in [-0.4, -0.2) is 15.8 Å². The fourth-order valence-electron chi connectivity index (χ4n) is 1.75. The number of nitrogen functional groups attached to an aromatic ring is 1. The van der Waals surface area contributed by atoms with Crippen molar-refractivity contribution < 1.29 is 9.72 Å². The number of nitrogens with zero attached hydrogens (tertiary/aromatic N) is 2. The van der Waals surface area contributed by atoms with Gasteiger partial charge in [-0.1, -0.05) is 6.07 Å². The molecule has 0 unspecified atom stereocenters. The molecule has 2 rings (SSSR count). The van der Waals surface area contributed by atoms with Gasteiger partial charge >= 0.3 is 0 Å². The van der Waals surface area contributed by atoms with Gasteiger partial charge in [-0.05, 0) is 31.2 Å². The molecule has 0 radical (unpaired) electrons. The van der Waals surface area contributed by atoms with Gasteiger partial charge in [-0.3, -0.25) is 20.8 Å². The minimum atomic E-state index is -0.584. The summed E-state index contributed by atoms with van der Waals surface area (Å²) in [5.41, 5.74) is 3.06. The number of benzene rings is 1. The molecule has 1 aromatic carbocycles. The Balaban J connectivity index is 2.25. The van der Waals surface area contributed by atoms with Crippen molar-refractivity contribution >= 4 is 23.1 Å². The maximum atomic E-state index is 12.1. The predicted octanol–water partition coefficient (Wildman–Crippen LogP) is 1.84. The molecule has 108 valence electrons. The molecule has 1 heterocycles. The van der Waals surface area contributed by atoms with Gasteiger partial charge in [-0.15, -0.1) is 0 Å². The van der Waals surface area contributed by atoms with E-state index in [0.29, 0.717) is 5.82 Å². The Kier molecular flexibility index (Phi) is 4.10. The average molecular weight is 287 g/mol. The smallest absolute Gasteiger partial charge is 0.293 e. The van der Waals surface area contributed by atoms with Crippen molar-refractivity contribution in [3.05, 3.63) is 57.8 Å². The topological polar surface area (TPSA) is 123 Å². The number of nitro groups is 1. The van der Waals surface area contributed by atoms with E-state index in [2.05, 4.69) is 15.7 Å². The van der Waals surface area contributed by atoms with Crippen molar-refractivity contribution in [2.75, 3.05) is 10.7 Å². The van der Waals surface area contributed by atoms with Gasteiger partial charge < -0.3 is 10.7 Å². The van der Waals surface area contributed by atoms with Crippen LogP contribution in [0, 0.1) is 17.0 Å². The Morgan fingerprint density at radius 2 is 2.10 bits per heavy atom. The number of rotatable bonds is 4. The lowest BCUT2D eigenvalue weighted by molar-refractivity contribution is -0.384. The Labute approximate surface area is 120 Å². The molecule has 1 amide bonds. The molecule has 0 aliphatic heterocycles. The van der Waals surface area contributed by atoms with Crippen molar-refractivity contribution in [3.8, 4) is 0 Å². The van der Waals surface area contributed by atoms with Gasteiger partial charge in [0, 0.05) is 17.3 Å². The Morgan fingerprint density at radius 3 is 2.71 bits per heavy atom. The zero-order valence-corrected chi connectivity index (χ0v) is 11.2. The van der Waals surface area contributed by atoms with Crippen LogP contribution < -0.4 is 16.6 Å². The number of aryl methyl sites for hydroxylation is 1. The second kappa shape index (κ2) is 5.97. The van der Waals surface area contributed by atoms with E-state index in [1.54, 1.807) is 25.1 Å². The monoisotopic (exact) mass is 287 g/mol. The van der Waals surface area contributed by atoms with E-state index < -0.39 is 10.8 Å². The second-order valence-electron chi connectivity index (χ2n) is 4.25. The van der Waals surface area contributed by atoms with Crippen molar-refractivity contribution in [1.82, 2.24) is 4.98 Å². The molecule has 0 aliphatic carbocycles. The number of nitro benzene ring substituents is 1. The van der Waals surface area contributed by atoms with Crippen molar-refractivity contribution in [2.24, 2.45) is 5.84 Å². The zero-order valence-electron chi connectivity index (χ0n) is 11.2. The maximum absolute atomic E-state index is 12.1. The zero-order chi connectivity index (χ0) is 15.4. The van der Waals surface area contributed by atoms with Crippen molar-refractivity contribution in [1.29, 1.82) is 0 Å². The fraction of sp³-hybridized carbons (Fsp3) is 0.0769. The Morgan fingerprint density at radius 1 is 1.33 bits per heavy atom. The number of pyridine rings is 1. The second-order valence-corrected chi connectivity index (χ2v) is 4.25. The first-order valence-electron chi connectivity index (χ1n) is 6.01. The molecule has 8 nitrogen and oxygen atoms in total. The Hall–Kier alpha value is -3.00. The number of hydrogen-bond acceptors (Lipinski definition) is 6. The van der Waals surface area contributed by atoms with E-state index in [-0.39, 0.29) is 16.9 Å². The summed E-state index contributed by atoms with van der Waals surface area (Å²) in [6, 6.07) is 9.10. The summed E-state index contributed by atoms with van der Waals surface area (Å²) in [5.74, 6) is 5.20. The summed E-state index contributed by atoms with van der Waals surface area (Å²) < 4.78 is 0. The van der Waals surface area contributed by atoms with Gasteiger partial charge in [0.25, 0.3) is 11.6 Å². The van der Waals surface area contributed by atoms with Crippen LogP contribution in [0.4, 0.5) is 17.2 Å². The van der Waals surface area contributed by atoms with E-state index in [1.807, 2.05) is 0 Å². The van der Waals surface area contributed by atoms with Crippen LogP contribution in [0.15, 0.2) is 36.4 Å². The molecule has 8 heteroatoms. The summed E-state index contributed by atoms with van der Waals surface area (Å²) in [6.45, 7) is 1.80. The molecule has 0 bridgehead atoms. The normalized spacial score (nSPS) is 10.0. The number of carbonyl (C=O) groups excluding carboxylic acids is 1. The standard InChI is InChI=1S/C13H13N5O3/c1-8-3-2-4-12(15-8)16-13(19)9-5-6-11(18(20)21)10(7-9)17-14/h2-7,17H,14H2,1H3,(H,15,16,19). The van der Waals surface area contributed by atoms with Gasteiger partial charge in [0.2, 0.25) is 0 Å². The first-order chi connectivity index (χ1) is 10.0. The number of aromatic nitrogens is 1. The molecule has 2 aromatic rings.